The van der Waals surface area contributed by atoms with E-state index in [1.807, 2.05) is 11.8 Å². The van der Waals surface area contributed by atoms with Gasteiger partial charge in [0.1, 0.15) is 0 Å². The van der Waals surface area contributed by atoms with Gasteiger partial charge in [-0.2, -0.15) is 0 Å². The molecule has 0 radical (unpaired) electrons. The van der Waals surface area contributed by atoms with Crippen LogP contribution >= 0.6 is 27.3 Å². The van der Waals surface area contributed by atoms with Gasteiger partial charge in [0.2, 0.25) is 5.91 Å². The number of nitrogens with zero attached hydrogens (tertiary/aromatic N) is 1. The number of carbonyl (C=O) groups excluding carboxylic acids is 1. The molecule has 1 saturated heterocycles. The van der Waals surface area contributed by atoms with Crippen molar-refractivity contribution in [3.05, 3.63) is 20.8 Å². The van der Waals surface area contributed by atoms with Crippen molar-refractivity contribution >= 4 is 33.2 Å². The monoisotopic (exact) mass is 344 g/mol. The zero-order chi connectivity index (χ0) is 13.8. The van der Waals surface area contributed by atoms with E-state index in [9.17, 15) is 4.79 Å². The summed E-state index contributed by atoms with van der Waals surface area (Å²) in [4.78, 5) is 13.7. The summed E-state index contributed by atoms with van der Waals surface area (Å²) in [6.07, 6.45) is 1.67. The van der Waals surface area contributed by atoms with Crippen LogP contribution < -0.4 is 5.32 Å². The number of hydrogen-bond donors (Lipinski definition) is 1. The Hall–Kier alpha value is -0.390. The first-order valence-electron chi connectivity index (χ1n) is 6.84. The molecular formula is C14H21BrN2OS. The molecule has 2 heterocycles. The van der Waals surface area contributed by atoms with E-state index in [-0.39, 0.29) is 5.91 Å². The van der Waals surface area contributed by atoms with E-state index in [1.54, 1.807) is 11.3 Å². The smallest absolute Gasteiger partial charge is 0.222 e. The van der Waals surface area contributed by atoms with Crippen molar-refractivity contribution in [1.82, 2.24) is 10.2 Å². The molecule has 1 aliphatic heterocycles. The van der Waals surface area contributed by atoms with Gasteiger partial charge in [-0.15, -0.1) is 11.3 Å². The average Bonchev–Trinajstić information content (AvgIpc) is 2.82. The maximum absolute atomic E-state index is 11.7. The zero-order valence-electron chi connectivity index (χ0n) is 11.5. The molecule has 0 bridgehead atoms. The van der Waals surface area contributed by atoms with Crippen molar-refractivity contribution in [2.45, 2.75) is 39.3 Å². The van der Waals surface area contributed by atoms with Gasteiger partial charge in [-0.05, 0) is 45.3 Å². The highest BCUT2D eigenvalue weighted by molar-refractivity contribution is 9.11. The molecular weight excluding hydrogens is 324 g/mol. The topological polar surface area (TPSA) is 32.3 Å². The van der Waals surface area contributed by atoms with Crippen LogP contribution in [0.2, 0.25) is 0 Å². The quantitative estimate of drug-likeness (QED) is 0.909. The lowest BCUT2D eigenvalue weighted by atomic mass is 9.93. The summed E-state index contributed by atoms with van der Waals surface area (Å²) in [6, 6.07) is 2.68. The molecule has 1 aromatic rings. The fourth-order valence-electron chi connectivity index (χ4n) is 2.59. The van der Waals surface area contributed by atoms with E-state index in [2.05, 4.69) is 39.6 Å². The molecule has 2 rings (SSSR count). The van der Waals surface area contributed by atoms with Crippen LogP contribution in [0.3, 0.4) is 0 Å². The summed E-state index contributed by atoms with van der Waals surface area (Å²) < 4.78 is 1.18. The van der Waals surface area contributed by atoms with Crippen LogP contribution in [0.25, 0.3) is 0 Å². The molecule has 3 nitrogen and oxygen atoms in total. The average molecular weight is 345 g/mol. The van der Waals surface area contributed by atoms with Gasteiger partial charge < -0.3 is 10.2 Å². The van der Waals surface area contributed by atoms with Crippen molar-refractivity contribution in [2.75, 3.05) is 13.1 Å². The number of thiophene rings is 1. The van der Waals surface area contributed by atoms with Crippen molar-refractivity contribution in [2.24, 2.45) is 5.92 Å². The van der Waals surface area contributed by atoms with E-state index in [0.29, 0.717) is 18.4 Å². The Morgan fingerprint density at radius 3 is 3.00 bits per heavy atom. The number of nitrogens with one attached hydrogen (secondary N) is 1. The first kappa shape index (κ1) is 15.0. The molecule has 0 unspecified atom stereocenters. The largest absolute Gasteiger partial charge is 0.342 e. The summed E-state index contributed by atoms with van der Waals surface area (Å²) >= 11 is 5.21. The normalized spacial score (nSPS) is 23.6. The number of halogens is 1. The fraction of sp³-hybridized carbons (Fsp3) is 0.643. The second-order valence-electron chi connectivity index (χ2n) is 5.21. The van der Waals surface area contributed by atoms with Gasteiger partial charge in [0, 0.05) is 32.1 Å². The van der Waals surface area contributed by atoms with Crippen molar-refractivity contribution in [3.63, 3.8) is 0 Å². The third kappa shape index (κ3) is 4.04. The molecule has 1 amide bonds. The maximum Gasteiger partial charge on any atom is 0.222 e. The van der Waals surface area contributed by atoms with Crippen LogP contribution in [0.5, 0.6) is 0 Å². The highest BCUT2D eigenvalue weighted by atomic mass is 79.9. The molecule has 0 aliphatic carbocycles. The Labute approximate surface area is 127 Å². The molecule has 2 atom stereocenters. The Kier molecular flexibility index (Phi) is 5.42. The van der Waals surface area contributed by atoms with Gasteiger partial charge >= 0.3 is 0 Å². The van der Waals surface area contributed by atoms with Gasteiger partial charge in [-0.25, -0.2) is 0 Å². The van der Waals surface area contributed by atoms with Crippen molar-refractivity contribution < 1.29 is 4.79 Å². The Bertz CT molecular complexity index is 435. The molecule has 19 heavy (non-hydrogen) atoms. The molecule has 106 valence electrons. The summed E-state index contributed by atoms with van der Waals surface area (Å²) in [6.45, 7) is 6.86. The number of carbonyl (C=O) groups is 1. The van der Waals surface area contributed by atoms with Crippen LogP contribution in [0, 0.1) is 5.92 Å². The van der Waals surface area contributed by atoms with E-state index >= 15 is 0 Å². The highest BCUT2D eigenvalue weighted by Gasteiger charge is 2.27. The third-order valence-electron chi connectivity index (χ3n) is 3.75. The van der Waals surface area contributed by atoms with Crippen molar-refractivity contribution in [3.8, 4) is 0 Å². The minimum absolute atomic E-state index is 0.284. The lowest BCUT2D eigenvalue weighted by Crippen LogP contribution is -2.49. The zero-order valence-corrected chi connectivity index (χ0v) is 13.9. The minimum Gasteiger partial charge on any atom is -0.342 e. The minimum atomic E-state index is 0.284. The number of hydrogen-bond acceptors (Lipinski definition) is 3. The van der Waals surface area contributed by atoms with Crippen LogP contribution in [-0.4, -0.2) is 29.9 Å². The third-order valence-corrected chi connectivity index (χ3v) is 5.30. The van der Waals surface area contributed by atoms with Crippen LogP contribution in [0.15, 0.2) is 15.2 Å². The van der Waals surface area contributed by atoms with Gasteiger partial charge in [0.15, 0.2) is 0 Å². The molecule has 1 N–H and O–H groups in total. The Morgan fingerprint density at radius 1 is 1.63 bits per heavy atom. The molecule has 1 fully saturated rings. The second-order valence-corrected chi connectivity index (χ2v) is 7.50. The second kappa shape index (κ2) is 6.86. The predicted octanol–water partition coefficient (Wildman–Crippen LogP) is 3.25. The van der Waals surface area contributed by atoms with Gasteiger partial charge in [0.25, 0.3) is 0 Å². The molecule has 0 aromatic carbocycles. The van der Waals surface area contributed by atoms with E-state index in [4.69, 9.17) is 0 Å². The molecule has 5 heteroatoms. The Morgan fingerprint density at radius 2 is 2.42 bits per heavy atom. The number of likely N-dealkylation sites (tertiary alicyclic amines) is 1. The Balaban J connectivity index is 1.81. The first-order chi connectivity index (χ1) is 9.10. The number of piperidine rings is 1. The fourth-order valence-corrected chi connectivity index (χ4v) is 3.80. The lowest BCUT2D eigenvalue weighted by molar-refractivity contribution is -0.132. The molecule has 1 aromatic heterocycles. The van der Waals surface area contributed by atoms with Crippen LogP contribution in [0.4, 0.5) is 0 Å². The van der Waals surface area contributed by atoms with Crippen LogP contribution in [0.1, 0.15) is 32.3 Å². The maximum atomic E-state index is 11.7. The standard InChI is InChI=1S/C14H21BrN2OS/c1-3-14(18)17-5-4-12(10(2)8-17)16-7-11-6-13(15)19-9-11/h6,9-10,12,16H,3-5,7-8H2,1-2H3/t10-,12+/m1/s1. The van der Waals surface area contributed by atoms with Crippen LogP contribution in [-0.2, 0) is 11.3 Å². The van der Waals surface area contributed by atoms with E-state index in [1.165, 1.54) is 9.35 Å². The summed E-state index contributed by atoms with van der Waals surface area (Å²) in [5, 5.41) is 5.80. The first-order valence-corrected chi connectivity index (χ1v) is 8.51. The van der Waals surface area contributed by atoms with Gasteiger partial charge in [0.05, 0.1) is 3.79 Å². The molecule has 1 aliphatic rings. The SMILES string of the molecule is CCC(=O)N1CC[C@H](NCc2csc(Br)c2)[C@H](C)C1. The van der Waals surface area contributed by atoms with Gasteiger partial charge in [-0.1, -0.05) is 13.8 Å². The molecule has 0 spiro atoms. The lowest BCUT2D eigenvalue weighted by Gasteiger charge is -2.37. The van der Waals surface area contributed by atoms with E-state index < -0.39 is 0 Å². The molecule has 0 saturated carbocycles. The highest BCUT2D eigenvalue weighted by Crippen LogP contribution is 2.22. The van der Waals surface area contributed by atoms with E-state index in [0.717, 1.165) is 26.1 Å². The summed E-state index contributed by atoms with van der Waals surface area (Å²) in [5.41, 5.74) is 1.33. The predicted molar refractivity (Wildman–Crippen MR) is 83.3 cm³/mol. The summed E-state index contributed by atoms with van der Waals surface area (Å²) in [7, 11) is 0. The summed E-state index contributed by atoms with van der Waals surface area (Å²) in [5.74, 6) is 0.804. The van der Waals surface area contributed by atoms with Crippen molar-refractivity contribution in [1.29, 1.82) is 0 Å². The number of rotatable bonds is 4. The van der Waals surface area contributed by atoms with Gasteiger partial charge in [-0.3, -0.25) is 4.79 Å². The number of amides is 1.